The van der Waals surface area contributed by atoms with Gasteiger partial charge in [-0.25, -0.2) is 4.98 Å². The molecular formula is C34H36N2O. The summed E-state index contributed by atoms with van der Waals surface area (Å²) in [6, 6.07) is 19.6. The predicted molar refractivity (Wildman–Crippen MR) is 154 cm³/mol. The number of hydrogen-bond donors (Lipinski definition) is 0. The van der Waals surface area contributed by atoms with E-state index in [1.54, 1.807) is 0 Å². The van der Waals surface area contributed by atoms with Crippen molar-refractivity contribution in [2.45, 2.75) is 54.4 Å². The van der Waals surface area contributed by atoms with Gasteiger partial charge in [0.05, 0.1) is 5.69 Å². The van der Waals surface area contributed by atoms with Crippen LogP contribution in [0.2, 0.25) is 0 Å². The Labute approximate surface area is 220 Å². The number of fused-ring (bicyclic) bond motifs is 3. The minimum atomic E-state index is 0.625. The maximum atomic E-state index is 6.21. The first-order valence-electron chi connectivity index (χ1n) is 13.6. The molecule has 37 heavy (non-hydrogen) atoms. The van der Waals surface area contributed by atoms with E-state index in [0.29, 0.717) is 23.5 Å². The van der Waals surface area contributed by atoms with E-state index in [9.17, 15) is 0 Å². The Kier molecular flexibility index (Phi) is 5.71. The van der Waals surface area contributed by atoms with Gasteiger partial charge in [0.2, 0.25) is 5.71 Å². The zero-order valence-corrected chi connectivity index (χ0v) is 23.0. The quantitative estimate of drug-likeness (QED) is 0.254. The maximum Gasteiger partial charge on any atom is 0.227 e. The number of furan rings is 1. The molecule has 3 nitrogen and oxygen atoms in total. The van der Waals surface area contributed by atoms with Gasteiger partial charge in [0.1, 0.15) is 5.58 Å². The first kappa shape index (κ1) is 23.9. The van der Waals surface area contributed by atoms with Crippen molar-refractivity contribution in [1.82, 2.24) is 9.97 Å². The second-order valence-corrected chi connectivity index (χ2v) is 11.5. The molecule has 3 heteroatoms. The summed E-state index contributed by atoms with van der Waals surface area (Å²) in [5, 5.41) is 2.12. The summed E-state index contributed by atoms with van der Waals surface area (Å²) in [7, 11) is 0. The highest BCUT2D eigenvalue weighted by molar-refractivity contribution is 6.08. The third-order valence-corrected chi connectivity index (χ3v) is 9.39. The highest BCUT2D eigenvalue weighted by Crippen LogP contribution is 2.51. The zero-order valence-electron chi connectivity index (χ0n) is 23.0. The van der Waals surface area contributed by atoms with Gasteiger partial charge in [0.25, 0.3) is 0 Å². The molecule has 6 rings (SSSR count). The van der Waals surface area contributed by atoms with Gasteiger partial charge in [0.15, 0.2) is 0 Å². The number of para-hydroxylation sites is 1. The van der Waals surface area contributed by atoms with Crippen molar-refractivity contribution in [2.24, 2.45) is 23.7 Å². The van der Waals surface area contributed by atoms with Gasteiger partial charge >= 0.3 is 0 Å². The average Bonchev–Trinajstić information content (AvgIpc) is 3.33. The van der Waals surface area contributed by atoms with Crippen molar-refractivity contribution in [3.05, 3.63) is 83.2 Å². The van der Waals surface area contributed by atoms with Crippen molar-refractivity contribution in [1.29, 1.82) is 0 Å². The Morgan fingerprint density at radius 2 is 1.43 bits per heavy atom. The van der Waals surface area contributed by atoms with E-state index in [1.807, 2.05) is 19.2 Å². The van der Waals surface area contributed by atoms with Crippen molar-refractivity contribution in [3.63, 3.8) is 0 Å². The molecule has 2 aromatic carbocycles. The molecule has 1 fully saturated rings. The maximum absolute atomic E-state index is 6.21. The highest BCUT2D eigenvalue weighted by Gasteiger charge is 2.42. The molecule has 1 aliphatic rings. The predicted octanol–water partition coefficient (Wildman–Crippen LogP) is 9.28. The van der Waals surface area contributed by atoms with Crippen molar-refractivity contribution in [3.8, 4) is 22.4 Å². The van der Waals surface area contributed by atoms with Crippen molar-refractivity contribution >= 4 is 22.1 Å². The van der Waals surface area contributed by atoms with Crippen LogP contribution in [-0.2, 0) is 0 Å². The lowest BCUT2D eigenvalue weighted by molar-refractivity contribution is 0.352. The second-order valence-electron chi connectivity index (χ2n) is 11.5. The first-order valence-corrected chi connectivity index (χ1v) is 13.6. The van der Waals surface area contributed by atoms with Crippen LogP contribution in [0.25, 0.3) is 44.5 Å². The van der Waals surface area contributed by atoms with Crippen LogP contribution in [0.1, 0.15) is 56.0 Å². The van der Waals surface area contributed by atoms with Crippen LogP contribution in [0.3, 0.4) is 0 Å². The molecule has 0 aliphatic heterocycles. The number of pyridine rings is 2. The smallest absolute Gasteiger partial charge is 0.227 e. The molecule has 4 unspecified atom stereocenters. The lowest BCUT2D eigenvalue weighted by atomic mass is 9.80. The fourth-order valence-corrected chi connectivity index (χ4v) is 7.02. The largest absolute Gasteiger partial charge is 0.437 e. The SMILES string of the molecule is Cc1ccc2c(n1)oc1c(-c3ccc(-c4c(C)cc(C5C(C)C(C)C(C)C5C)cc4C)cn3)cccc12. The third-order valence-electron chi connectivity index (χ3n) is 9.39. The van der Waals surface area contributed by atoms with Crippen molar-refractivity contribution < 1.29 is 4.42 Å². The molecule has 1 aliphatic carbocycles. The van der Waals surface area contributed by atoms with Crippen LogP contribution in [0.5, 0.6) is 0 Å². The summed E-state index contributed by atoms with van der Waals surface area (Å²) in [4.78, 5) is 9.50. The van der Waals surface area contributed by atoms with Crippen LogP contribution in [0, 0.1) is 44.4 Å². The molecule has 0 radical (unpaired) electrons. The van der Waals surface area contributed by atoms with E-state index < -0.39 is 0 Å². The van der Waals surface area contributed by atoms with Gasteiger partial charge in [-0.05, 0) is 96.9 Å². The van der Waals surface area contributed by atoms with Gasteiger partial charge in [-0.15, -0.1) is 0 Å². The Balaban J connectivity index is 1.37. The lowest BCUT2D eigenvalue weighted by Crippen LogP contribution is -2.11. The highest BCUT2D eigenvalue weighted by atomic mass is 16.3. The van der Waals surface area contributed by atoms with Crippen molar-refractivity contribution in [2.75, 3.05) is 0 Å². The molecule has 188 valence electrons. The van der Waals surface area contributed by atoms with E-state index in [4.69, 9.17) is 9.40 Å². The zero-order chi connectivity index (χ0) is 26.0. The Bertz CT molecular complexity index is 1590. The van der Waals surface area contributed by atoms with E-state index in [2.05, 4.69) is 95.1 Å². The summed E-state index contributed by atoms with van der Waals surface area (Å²) >= 11 is 0. The number of aryl methyl sites for hydroxylation is 3. The fraction of sp³-hybridized carbons (Fsp3) is 0.353. The van der Waals surface area contributed by atoms with Gasteiger partial charge in [0, 0.05) is 33.8 Å². The molecule has 1 saturated carbocycles. The Hall–Kier alpha value is -3.46. The topological polar surface area (TPSA) is 38.9 Å². The minimum absolute atomic E-state index is 0.625. The Morgan fingerprint density at radius 3 is 2.08 bits per heavy atom. The minimum Gasteiger partial charge on any atom is -0.437 e. The number of aromatic nitrogens is 2. The van der Waals surface area contributed by atoms with E-state index in [0.717, 1.165) is 50.7 Å². The van der Waals surface area contributed by atoms with Gasteiger partial charge in [-0.2, -0.15) is 0 Å². The number of rotatable bonds is 3. The van der Waals surface area contributed by atoms with Crippen LogP contribution < -0.4 is 0 Å². The average molecular weight is 489 g/mol. The van der Waals surface area contributed by atoms with E-state index >= 15 is 0 Å². The van der Waals surface area contributed by atoms with Gasteiger partial charge < -0.3 is 4.42 Å². The van der Waals surface area contributed by atoms with Crippen LogP contribution >= 0.6 is 0 Å². The van der Waals surface area contributed by atoms with Crippen LogP contribution in [0.4, 0.5) is 0 Å². The summed E-state index contributed by atoms with van der Waals surface area (Å²) < 4.78 is 6.21. The van der Waals surface area contributed by atoms with E-state index in [1.165, 1.54) is 22.3 Å². The standard InChI is InChI=1S/C34H36N2O/c1-18-15-26(32-23(6)21(4)22(5)24(32)7)16-19(2)31(18)25-12-14-30(35-17-25)29-10-8-9-27-28-13-11-20(3)36-34(28)37-33(27)29/h8-17,21-24,32H,1-7H3. The summed E-state index contributed by atoms with van der Waals surface area (Å²) in [5.41, 5.74) is 11.0. The molecule has 0 N–H and O–H groups in total. The number of nitrogens with zero attached hydrogens (tertiary/aromatic N) is 2. The molecule has 0 spiro atoms. The molecule has 3 heterocycles. The lowest BCUT2D eigenvalue weighted by Gasteiger charge is -2.24. The molecule has 5 aromatic rings. The summed E-state index contributed by atoms with van der Waals surface area (Å²) in [6.07, 6.45) is 2.01. The van der Waals surface area contributed by atoms with E-state index in [-0.39, 0.29) is 0 Å². The monoisotopic (exact) mass is 488 g/mol. The molecule has 0 saturated heterocycles. The van der Waals surface area contributed by atoms with Crippen LogP contribution in [0.15, 0.2) is 65.2 Å². The Morgan fingerprint density at radius 1 is 0.730 bits per heavy atom. The van der Waals surface area contributed by atoms with Gasteiger partial charge in [-0.3, -0.25) is 4.98 Å². The first-order chi connectivity index (χ1) is 17.7. The van der Waals surface area contributed by atoms with Gasteiger partial charge in [-0.1, -0.05) is 58.0 Å². The normalized spacial score (nSPS) is 23.8. The summed E-state index contributed by atoms with van der Waals surface area (Å²) in [6.45, 7) is 16.2. The molecule has 4 atom stereocenters. The number of benzene rings is 2. The molecule has 0 bridgehead atoms. The molecule has 3 aromatic heterocycles. The van der Waals surface area contributed by atoms with Crippen LogP contribution in [-0.4, -0.2) is 9.97 Å². The molecular weight excluding hydrogens is 452 g/mol. The molecule has 0 amide bonds. The fourth-order valence-electron chi connectivity index (χ4n) is 7.02. The third kappa shape index (κ3) is 3.79. The second kappa shape index (κ2) is 8.83. The summed E-state index contributed by atoms with van der Waals surface area (Å²) in [5.74, 6) is 3.55. The number of hydrogen-bond acceptors (Lipinski definition) is 3.